The van der Waals surface area contributed by atoms with Crippen molar-refractivity contribution in [1.29, 1.82) is 5.26 Å². The van der Waals surface area contributed by atoms with Crippen LogP contribution in [0.1, 0.15) is 23.9 Å². The van der Waals surface area contributed by atoms with E-state index in [1.54, 1.807) is 11.8 Å². The van der Waals surface area contributed by atoms with Crippen LogP contribution in [0.15, 0.2) is 36.4 Å². The van der Waals surface area contributed by atoms with Crippen LogP contribution < -0.4 is 4.74 Å². The zero-order valence-corrected chi connectivity index (χ0v) is 11.6. The molecule has 0 saturated heterocycles. The number of nitrogens with zero attached hydrogens (tertiary/aromatic N) is 4. The van der Waals surface area contributed by atoms with Gasteiger partial charge in [0.15, 0.2) is 5.69 Å². The zero-order chi connectivity index (χ0) is 14.5. The van der Waals surface area contributed by atoms with E-state index < -0.39 is 0 Å². The lowest BCUT2D eigenvalue weighted by Crippen LogP contribution is -2.07. The molecule has 20 heavy (non-hydrogen) atoms. The third-order valence-electron chi connectivity index (χ3n) is 2.89. The highest BCUT2D eigenvalue weighted by molar-refractivity contribution is 5.33. The van der Waals surface area contributed by atoms with Gasteiger partial charge in [-0.1, -0.05) is 29.5 Å². The van der Waals surface area contributed by atoms with Crippen molar-refractivity contribution in [2.24, 2.45) is 0 Å². The smallest absolute Gasteiger partial charge is 0.186 e. The molecule has 0 aliphatic rings. The topological polar surface area (TPSA) is 63.7 Å². The molecule has 2 rings (SSSR count). The van der Waals surface area contributed by atoms with Crippen molar-refractivity contribution < 1.29 is 4.74 Å². The summed E-state index contributed by atoms with van der Waals surface area (Å²) in [5, 5.41) is 17.0. The van der Waals surface area contributed by atoms with E-state index >= 15 is 0 Å². The average molecular weight is 268 g/mol. The van der Waals surface area contributed by atoms with Gasteiger partial charge in [-0.3, -0.25) is 0 Å². The maximum atomic E-state index is 9.12. The SMILES string of the molecule is C=C(C)Cn1nnc(C#N)c1Cc1ccc(OC)cc1. The number of benzene rings is 1. The molecular weight excluding hydrogens is 252 g/mol. The fraction of sp³-hybridized carbons (Fsp3) is 0.267. The van der Waals surface area contributed by atoms with Gasteiger partial charge < -0.3 is 4.74 Å². The van der Waals surface area contributed by atoms with Crippen LogP contribution in [0.5, 0.6) is 5.75 Å². The van der Waals surface area contributed by atoms with Crippen LogP contribution in [-0.2, 0) is 13.0 Å². The van der Waals surface area contributed by atoms with Gasteiger partial charge in [0.1, 0.15) is 11.8 Å². The van der Waals surface area contributed by atoms with Crippen molar-refractivity contribution in [2.75, 3.05) is 7.11 Å². The van der Waals surface area contributed by atoms with Crippen LogP contribution in [-0.4, -0.2) is 22.1 Å². The second-order valence-corrected chi connectivity index (χ2v) is 4.64. The molecule has 2 aromatic rings. The highest BCUT2D eigenvalue weighted by Crippen LogP contribution is 2.16. The van der Waals surface area contributed by atoms with E-state index in [4.69, 9.17) is 10.00 Å². The second-order valence-electron chi connectivity index (χ2n) is 4.64. The first-order valence-corrected chi connectivity index (χ1v) is 6.24. The van der Waals surface area contributed by atoms with Gasteiger partial charge in [0.2, 0.25) is 0 Å². The molecule has 0 N–H and O–H groups in total. The summed E-state index contributed by atoms with van der Waals surface area (Å²) in [4.78, 5) is 0. The Hall–Kier alpha value is -2.61. The first-order valence-electron chi connectivity index (χ1n) is 6.24. The zero-order valence-electron chi connectivity index (χ0n) is 11.6. The summed E-state index contributed by atoms with van der Waals surface area (Å²) in [6.07, 6.45) is 0.604. The summed E-state index contributed by atoms with van der Waals surface area (Å²) >= 11 is 0. The molecule has 0 aliphatic heterocycles. The van der Waals surface area contributed by atoms with Crippen LogP contribution in [0, 0.1) is 11.3 Å². The van der Waals surface area contributed by atoms with Crippen molar-refractivity contribution in [3.05, 3.63) is 53.4 Å². The quantitative estimate of drug-likeness (QED) is 0.781. The maximum absolute atomic E-state index is 9.12. The van der Waals surface area contributed by atoms with Gasteiger partial charge in [-0.25, -0.2) is 4.68 Å². The molecule has 5 nitrogen and oxygen atoms in total. The highest BCUT2D eigenvalue weighted by Gasteiger charge is 2.13. The number of ether oxygens (including phenoxy) is 1. The molecule has 1 heterocycles. The fourth-order valence-electron chi connectivity index (χ4n) is 1.91. The van der Waals surface area contributed by atoms with Gasteiger partial charge in [0.05, 0.1) is 19.3 Å². The summed E-state index contributed by atoms with van der Waals surface area (Å²) in [6.45, 7) is 6.36. The number of rotatable bonds is 5. The van der Waals surface area contributed by atoms with E-state index in [0.717, 1.165) is 22.6 Å². The Labute approximate surface area is 118 Å². The molecule has 0 aliphatic carbocycles. The van der Waals surface area contributed by atoms with Crippen LogP contribution in [0.25, 0.3) is 0 Å². The van der Waals surface area contributed by atoms with E-state index in [9.17, 15) is 0 Å². The molecule has 0 amide bonds. The minimum Gasteiger partial charge on any atom is -0.497 e. The molecule has 0 spiro atoms. The molecule has 0 bridgehead atoms. The monoisotopic (exact) mass is 268 g/mol. The van der Waals surface area contributed by atoms with E-state index in [-0.39, 0.29) is 0 Å². The second kappa shape index (κ2) is 6.02. The van der Waals surface area contributed by atoms with Crippen LogP contribution >= 0.6 is 0 Å². The summed E-state index contributed by atoms with van der Waals surface area (Å²) < 4.78 is 6.86. The average Bonchev–Trinajstić information content (AvgIpc) is 2.81. The number of hydrogen-bond acceptors (Lipinski definition) is 4. The maximum Gasteiger partial charge on any atom is 0.186 e. The Bertz CT molecular complexity index is 650. The first kappa shape index (κ1) is 13.8. The van der Waals surface area contributed by atoms with Crippen molar-refractivity contribution in [2.45, 2.75) is 19.9 Å². The van der Waals surface area contributed by atoms with Gasteiger partial charge in [-0.05, 0) is 24.6 Å². The van der Waals surface area contributed by atoms with Crippen molar-refractivity contribution in [3.8, 4) is 11.8 Å². The Balaban J connectivity index is 2.28. The minimum absolute atomic E-state index is 0.363. The van der Waals surface area contributed by atoms with E-state index in [2.05, 4.69) is 23.0 Å². The normalized spacial score (nSPS) is 10.1. The fourth-order valence-corrected chi connectivity index (χ4v) is 1.91. The van der Waals surface area contributed by atoms with Crippen LogP contribution in [0.3, 0.4) is 0 Å². The van der Waals surface area contributed by atoms with Crippen molar-refractivity contribution in [3.63, 3.8) is 0 Å². The standard InChI is InChI=1S/C15H16N4O/c1-11(2)10-19-15(14(9-16)17-18-19)8-12-4-6-13(20-3)7-5-12/h4-7H,1,8,10H2,2-3H3. The molecule has 102 valence electrons. The van der Waals surface area contributed by atoms with Gasteiger partial charge in [0, 0.05) is 6.42 Å². The highest BCUT2D eigenvalue weighted by atomic mass is 16.5. The Morgan fingerprint density at radius 1 is 1.40 bits per heavy atom. The number of nitriles is 1. The molecule has 0 saturated carbocycles. The Morgan fingerprint density at radius 3 is 2.65 bits per heavy atom. The van der Waals surface area contributed by atoms with Gasteiger partial charge in [0.25, 0.3) is 0 Å². The Kier molecular flexibility index (Phi) is 4.16. The lowest BCUT2D eigenvalue weighted by atomic mass is 10.1. The van der Waals surface area contributed by atoms with Crippen LogP contribution in [0.4, 0.5) is 0 Å². The van der Waals surface area contributed by atoms with E-state index in [1.807, 2.05) is 31.2 Å². The van der Waals surface area contributed by atoms with Crippen molar-refractivity contribution >= 4 is 0 Å². The summed E-state index contributed by atoms with van der Waals surface area (Å²) in [5.41, 5.74) is 3.21. The summed E-state index contributed by atoms with van der Waals surface area (Å²) in [7, 11) is 1.63. The first-order chi connectivity index (χ1) is 9.63. The van der Waals surface area contributed by atoms with Crippen LogP contribution in [0.2, 0.25) is 0 Å². The summed E-state index contributed by atoms with van der Waals surface area (Å²) in [6, 6.07) is 9.82. The number of allylic oxidation sites excluding steroid dienone is 1. The largest absolute Gasteiger partial charge is 0.497 e. The lowest BCUT2D eigenvalue weighted by molar-refractivity contribution is 0.414. The third kappa shape index (κ3) is 3.04. The minimum atomic E-state index is 0.363. The summed E-state index contributed by atoms with van der Waals surface area (Å²) in [5.74, 6) is 0.808. The third-order valence-corrected chi connectivity index (χ3v) is 2.89. The number of aromatic nitrogens is 3. The lowest BCUT2D eigenvalue weighted by Gasteiger charge is -2.07. The van der Waals surface area contributed by atoms with E-state index in [1.165, 1.54) is 0 Å². The molecule has 1 aromatic heterocycles. The van der Waals surface area contributed by atoms with Gasteiger partial charge in [-0.2, -0.15) is 5.26 Å². The number of methoxy groups -OCH3 is 1. The van der Waals surface area contributed by atoms with Crippen molar-refractivity contribution in [1.82, 2.24) is 15.0 Å². The predicted molar refractivity (Wildman–Crippen MR) is 75.4 cm³/mol. The molecule has 0 fully saturated rings. The van der Waals surface area contributed by atoms with E-state index in [0.29, 0.717) is 18.7 Å². The molecule has 0 radical (unpaired) electrons. The molecular formula is C15H16N4O. The Morgan fingerprint density at radius 2 is 2.10 bits per heavy atom. The molecule has 0 unspecified atom stereocenters. The molecule has 0 atom stereocenters. The predicted octanol–water partition coefficient (Wildman–Crippen LogP) is 2.33. The number of hydrogen-bond donors (Lipinski definition) is 0. The molecule has 1 aromatic carbocycles. The molecule has 5 heteroatoms. The van der Waals surface area contributed by atoms with Gasteiger partial charge >= 0.3 is 0 Å². The van der Waals surface area contributed by atoms with Gasteiger partial charge in [-0.15, -0.1) is 5.10 Å².